The van der Waals surface area contributed by atoms with Crippen molar-refractivity contribution in [2.24, 2.45) is 5.16 Å². The van der Waals surface area contributed by atoms with E-state index in [2.05, 4.69) is 10.5 Å². The minimum atomic E-state index is -0.329. The fourth-order valence-corrected chi connectivity index (χ4v) is 1.97. The van der Waals surface area contributed by atoms with Gasteiger partial charge in [-0.15, -0.1) is 0 Å². The molecular formula is C15H18N2O4. The van der Waals surface area contributed by atoms with E-state index in [0.29, 0.717) is 18.7 Å². The highest BCUT2D eigenvalue weighted by Gasteiger charge is 2.27. The van der Waals surface area contributed by atoms with E-state index in [1.165, 1.54) is 0 Å². The molecule has 2 rings (SSSR count). The molecule has 1 aliphatic heterocycles. The molecule has 1 N–H and O–H groups in total. The largest absolute Gasteiger partial charge is 0.466 e. The fourth-order valence-electron chi connectivity index (χ4n) is 1.97. The van der Waals surface area contributed by atoms with Crippen molar-refractivity contribution in [3.8, 4) is 0 Å². The number of hydrogen-bond donors (Lipinski definition) is 1. The number of hydrogen-bond acceptors (Lipinski definition) is 5. The highest BCUT2D eigenvalue weighted by molar-refractivity contribution is 6.39. The Bertz CT molecular complexity index is 528. The first kappa shape index (κ1) is 15.0. The molecule has 0 bridgehead atoms. The highest BCUT2D eigenvalue weighted by Crippen LogP contribution is 2.26. The van der Waals surface area contributed by atoms with Gasteiger partial charge < -0.3 is 14.9 Å². The first-order valence-electron chi connectivity index (χ1n) is 6.92. The Morgan fingerprint density at radius 3 is 2.86 bits per heavy atom. The summed E-state index contributed by atoms with van der Waals surface area (Å²) in [6, 6.07) is 9.61. The average Bonchev–Trinajstić information content (AvgIpc) is 2.98. The van der Waals surface area contributed by atoms with Crippen LogP contribution in [0.3, 0.4) is 0 Å². The van der Waals surface area contributed by atoms with Gasteiger partial charge in [0.25, 0.3) is 5.91 Å². The monoisotopic (exact) mass is 290 g/mol. The van der Waals surface area contributed by atoms with Crippen molar-refractivity contribution >= 4 is 17.6 Å². The Labute approximate surface area is 123 Å². The van der Waals surface area contributed by atoms with Crippen LogP contribution in [0.1, 0.15) is 31.4 Å². The number of benzene rings is 1. The van der Waals surface area contributed by atoms with Gasteiger partial charge in [0.1, 0.15) is 5.71 Å². The molecule has 0 spiro atoms. The molecule has 6 nitrogen and oxygen atoms in total. The number of carbonyl (C=O) groups excluding carboxylic acids is 2. The molecule has 6 heteroatoms. The van der Waals surface area contributed by atoms with E-state index in [0.717, 1.165) is 5.56 Å². The zero-order valence-corrected chi connectivity index (χ0v) is 11.9. The summed E-state index contributed by atoms with van der Waals surface area (Å²) in [6.07, 6.45) is 0.349. The number of nitrogens with zero attached hydrogens (tertiary/aromatic N) is 1. The minimum Gasteiger partial charge on any atom is -0.466 e. The summed E-state index contributed by atoms with van der Waals surface area (Å²) in [4.78, 5) is 28.3. The minimum absolute atomic E-state index is 0.149. The molecule has 1 aromatic rings. The van der Waals surface area contributed by atoms with Gasteiger partial charge in [0, 0.05) is 13.0 Å². The Morgan fingerprint density at radius 2 is 2.14 bits per heavy atom. The second-order valence-electron chi connectivity index (χ2n) is 4.56. The predicted octanol–water partition coefficient (Wildman–Crippen LogP) is 1.57. The molecule has 0 fully saturated rings. The summed E-state index contributed by atoms with van der Waals surface area (Å²) in [5.41, 5.74) is 1.32. The number of carbonyl (C=O) groups is 2. The summed E-state index contributed by atoms with van der Waals surface area (Å²) in [5.74, 6) is -0.637. The van der Waals surface area contributed by atoms with Crippen molar-refractivity contribution in [3.05, 3.63) is 35.9 Å². The third-order valence-electron chi connectivity index (χ3n) is 3.02. The first-order valence-corrected chi connectivity index (χ1v) is 6.92. The van der Waals surface area contributed by atoms with Gasteiger partial charge in [0.05, 0.1) is 13.0 Å². The second kappa shape index (κ2) is 7.42. The summed E-state index contributed by atoms with van der Waals surface area (Å²) >= 11 is 0. The van der Waals surface area contributed by atoms with E-state index in [4.69, 9.17) is 9.57 Å². The number of nitrogens with one attached hydrogen (secondary N) is 1. The number of rotatable bonds is 6. The van der Waals surface area contributed by atoms with Gasteiger partial charge in [-0.2, -0.15) is 0 Å². The van der Waals surface area contributed by atoms with E-state index in [1.54, 1.807) is 6.92 Å². The molecule has 0 aliphatic carbocycles. The van der Waals surface area contributed by atoms with Crippen molar-refractivity contribution in [2.45, 2.75) is 25.9 Å². The lowest BCUT2D eigenvalue weighted by molar-refractivity contribution is -0.142. The number of amides is 1. The third kappa shape index (κ3) is 4.30. The normalized spacial score (nSPS) is 16.8. The zero-order valence-electron chi connectivity index (χ0n) is 11.9. The summed E-state index contributed by atoms with van der Waals surface area (Å²) in [6.45, 7) is 2.31. The molecule has 0 saturated heterocycles. The van der Waals surface area contributed by atoms with Crippen LogP contribution in [0.15, 0.2) is 35.5 Å². The van der Waals surface area contributed by atoms with Crippen LogP contribution in [0.2, 0.25) is 0 Å². The average molecular weight is 290 g/mol. The molecule has 0 radical (unpaired) electrons. The molecule has 112 valence electrons. The number of oxime groups is 1. The first-order chi connectivity index (χ1) is 10.2. The lowest BCUT2D eigenvalue weighted by Gasteiger charge is -2.07. The molecule has 1 aliphatic rings. The molecule has 1 aromatic carbocycles. The van der Waals surface area contributed by atoms with Crippen molar-refractivity contribution in [1.82, 2.24) is 5.32 Å². The summed E-state index contributed by atoms with van der Waals surface area (Å²) in [5, 5.41) is 6.45. The molecule has 1 amide bonds. The summed E-state index contributed by atoms with van der Waals surface area (Å²) in [7, 11) is 0. The molecule has 1 heterocycles. The Kier molecular flexibility index (Phi) is 5.31. The molecule has 1 atom stereocenters. The van der Waals surface area contributed by atoms with Crippen LogP contribution in [-0.2, 0) is 19.2 Å². The molecule has 0 aromatic heterocycles. The van der Waals surface area contributed by atoms with Gasteiger partial charge in [-0.25, -0.2) is 0 Å². The van der Waals surface area contributed by atoms with Gasteiger partial charge in [-0.3, -0.25) is 9.59 Å². The second-order valence-corrected chi connectivity index (χ2v) is 4.56. The number of esters is 1. The molecule has 21 heavy (non-hydrogen) atoms. The predicted molar refractivity (Wildman–Crippen MR) is 76.6 cm³/mol. The van der Waals surface area contributed by atoms with Crippen LogP contribution >= 0.6 is 0 Å². The van der Waals surface area contributed by atoms with E-state index in [9.17, 15) is 9.59 Å². The molecule has 0 unspecified atom stereocenters. The lowest BCUT2D eigenvalue weighted by Crippen LogP contribution is -2.32. The smallest absolute Gasteiger partial charge is 0.307 e. The SMILES string of the molecule is CCOC(=O)CCNC(=O)C1=NO[C@@H](c2ccccc2)C1. The van der Waals surface area contributed by atoms with Crippen LogP contribution in [0.4, 0.5) is 0 Å². The van der Waals surface area contributed by atoms with Crippen LogP contribution in [0.5, 0.6) is 0 Å². The maximum absolute atomic E-state index is 11.9. The van der Waals surface area contributed by atoms with Gasteiger partial charge in [0.15, 0.2) is 6.10 Å². The van der Waals surface area contributed by atoms with Crippen molar-refractivity contribution in [2.75, 3.05) is 13.2 Å². The molecular weight excluding hydrogens is 272 g/mol. The Morgan fingerprint density at radius 1 is 1.38 bits per heavy atom. The van der Waals surface area contributed by atoms with Gasteiger partial charge in [-0.05, 0) is 12.5 Å². The summed E-state index contributed by atoms with van der Waals surface area (Å²) < 4.78 is 4.78. The van der Waals surface area contributed by atoms with E-state index >= 15 is 0 Å². The van der Waals surface area contributed by atoms with Crippen molar-refractivity contribution in [1.29, 1.82) is 0 Å². The van der Waals surface area contributed by atoms with Crippen LogP contribution in [0, 0.1) is 0 Å². The van der Waals surface area contributed by atoms with E-state index in [-0.39, 0.29) is 30.9 Å². The lowest BCUT2D eigenvalue weighted by atomic mass is 10.0. The van der Waals surface area contributed by atoms with E-state index in [1.807, 2.05) is 30.3 Å². The van der Waals surface area contributed by atoms with E-state index < -0.39 is 0 Å². The third-order valence-corrected chi connectivity index (χ3v) is 3.02. The Hall–Kier alpha value is -2.37. The molecule has 0 saturated carbocycles. The van der Waals surface area contributed by atoms with Crippen molar-refractivity contribution < 1.29 is 19.2 Å². The van der Waals surface area contributed by atoms with Gasteiger partial charge in [0.2, 0.25) is 0 Å². The Balaban J connectivity index is 1.76. The van der Waals surface area contributed by atoms with Crippen LogP contribution in [0.25, 0.3) is 0 Å². The topological polar surface area (TPSA) is 77.0 Å². The van der Waals surface area contributed by atoms with Gasteiger partial charge in [-0.1, -0.05) is 35.5 Å². The number of ether oxygens (including phenoxy) is 1. The quantitative estimate of drug-likeness (QED) is 0.807. The maximum atomic E-state index is 11.9. The fraction of sp³-hybridized carbons (Fsp3) is 0.400. The zero-order chi connectivity index (χ0) is 15.1. The standard InChI is InChI=1S/C15H18N2O4/c1-2-20-14(18)8-9-16-15(19)12-10-13(21-17-12)11-6-4-3-5-7-11/h3-7,13H,2,8-10H2,1H3,(H,16,19)/t13-/m1/s1. The van der Waals surface area contributed by atoms with Crippen molar-refractivity contribution in [3.63, 3.8) is 0 Å². The highest BCUT2D eigenvalue weighted by atomic mass is 16.6. The van der Waals surface area contributed by atoms with Crippen LogP contribution in [-0.4, -0.2) is 30.7 Å². The maximum Gasteiger partial charge on any atom is 0.307 e. The van der Waals surface area contributed by atoms with Gasteiger partial charge >= 0.3 is 5.97 Å². The van der Waals surface area contributed by atoms with Crippen LogP contribution < -0.4 is 5.32 Å².